The van der Waals surface area contributed by atoms with Crippen LogP contribution in [0.4, 0.5) is 11.4 Å². The molecule has 0 bridgehead atoms. The molecule has 8 nitrogen and oxygen atoms in total. The summed E-state index contributed by atoms with van der Waals surface area (Å²) in [6.07, 6.45) is 2.18. The molecule has 0 radical (unpaired) electrons. The molecule has 4 aromatic rings. The predicted molar refractivity (Wildman–Crippen MR) is 165 cm³/mol. The molecule has 1 aliphatic rings. The van der Waals surface area contributed by atoms with Gasteiger partial charge in [-0.2, -0.15) is 0 Å². The standard InChI is InChI=1S/C32H33N5O3S/c1-6-28(38)34-25-13-12-23(15-19(25)3)37-30(29(35-32(37)41)26-9-7-8-14-33-26)24-16-20(4)36(21(24)5)27-17-22(31(39)40)11-10-18(27)2/h7-17,29-30H,6H2,1-5H3,(H,34,38)(H,35,41)(H,39,40)/t29-,30+/m0/s1. The lowest BCUT2D eigenvalue weighted by Gasteiger charge is -2.29. The molecule has 1 aliphatic heterocycles. The van der Waals surface area contributed by atoms with E-state index in [2.05, 4.69) is 38.1 Å². The molecule has 0 aliphatic carbocycles. The van der Waals surface area contributed by atoms with Crippen LogP contribution in [0.5, 0.6) is 0 Å². The third-order valence-electron chi connectivity index (χ3n) is 7.67. The first kappa shape index (κ1) is 28.0. The number of rotatable bonds is 7. The molecule has 5 rings (SSSR count). The predicted octanol–water partition coefficient (Wildman–Crippen LogP) is 6.33. The van der Waals surface area contributed by atoms with E-state index in [9.17, 15) is 14.7 Å². The molecule has 1 saturated heterocycles. The zero-order valence-corrected chi connectivity index (χ0v) is 24.5. The third-order valence-corrected chi connectivity index (χ3v) is 7.98. The van der Waals surface area contributed by atoms with Crippen LogP contribution < -0.4 is 15.5 Å². The zero-order valence-electron chi connectivity index (χ0n) is 23.7. The van der Waals surface area contributed by atoms with Crippen molar-refractivity contribution in [1.29, 1.82) is 0 Å². The second-order valence-corrected chi connectivity index (χ2v) is 10.8. The van der Waals surface area contributed by atoms with Crippen LogP contribution >= 0.6 is 12.2 Å². The number of carbonyl (C=O) groups excluding carboxylic acids is 1. The number of carboxylic acid groups (broad SMARTS) is 1. The highest BCUT2D eigenvalue weighted by Gasteiger charge is 2.42. The van der Waals surface area contributed by atoms with Crippen LogP contribution in [0.25, 0.3) is 5.69 Å². The van der Waals surface area contributed by atoms with Gasteiger partial charge in [0.05, 0.1) is 23.3 Å². The van der Waals surface area contributed by atoms with Gasteiger partial charge >= 0.3 is 5.97 Å². The number of aryl methyl sites for hydroxylation is 3. The Morgan fingerprint density at radius 2 is 1.80 bits per heavy atom. The maximum atomic E-state index is 12.0. The monoisotopic (exact) mass is 567 g/mol. The number of carboxylic acids is 1. The number of benzene rings is 2. The number of anilines is 2. The molecule has 1 amide bonds. The van der Waals surface area contributed by atoms with Gasteiger partial charge in [-0.1, -0.05) is 19.1 Å². The third kappa shape index (κ3) is 5.20. The van der Waals surface area contributed by atoms with E-state index < -0.39 is 5.97 Å². The van der Waals surface area contributed by atoms with E-state index in [1.807, 2.05) is 70.2 Å². The minimum absolute atomic E-state index is 0.0398. The fraction of sp³-hybridized carbons (Fsp3) is 0.250. The van der Waals surface area contributed by atoms with Gasteiger partial charge in [-0.15, -0.1) is 0 Å². The Hall–Kier alpha value is -4.50. The van der Waals surface area contributed by atoms with Gasteiger partial charge in [0.1, 0.15) is 0 Å². The summed E-state index contributed by atoms with van der Waals surface area (Å²) in [5.74, 6) is -1.00. The summed E-state index contributed by atoms with van der Waals surface area (Å²) in [5.41, 5.74) is 8.51. The lowest BCUT2D eigenvalue weighted by molar-refractivity contribution is -0.115. The van der Waals surface area contributed by atoms with E-state index in [1.165, 1.54) is 0 Å². The summed E-state index contributed by atoms with van der Waals surface area (Å²) in [6.45, 7) is 9.86. The largest absolute Gasteiger partial charge is 0.478 e. The summed E-state index contributed by atoms with van der Waals surface area (Å²) >= 11 is 5.93. The van der Waals surface area contributed by atoms with Crippen LogP contribution in [0.2, 0.25) is 0 Å². The summed E-state index contributed by atoms with van der Waals surface area (Å²) in [6, 6.07) is 18.6. The first-order chi connectivity index (χ1) is 19.6. The van der Waals surface area contributed by atoms with Crippen molar-refractivity contribution < 1.29 is 14.7 Å². The van der Waals surface area contributed by atoms with Crippen molar-refractivity contribution in [2.24, 2.45) is 0 Å². The van der Waals surface area contributed by atoms with Gasteiger partial charge in [-0.05, 0) is 105 Å². The number of carbonyl (C=O) groups is 2. The number of hydrogen-bond donors (Lipinski definition) is 3. The van der Waals surface area contributed by atoms with Crippen molar-refractivity contribution in [3.05, 3.63) is 106 Å². The molecule has 2 aromatic heterocycles. The molecular formula is C32H33N5O3S. The lowest BCUT2D eigenvalue weighted by atomic mass is 9.96. The van der Waals surface area contributed by atoms with Crippen LogP contribution in [0.15, 0.2) is 66.9 Å². The molecule has 2 aromatic carbocycles. The van der Waals surface area contributed by atoms with Crippen LogP contribution in [0, 0.1) is 27.7 Å². The van der Waals surface area contributed by atoms with Crippen LogP contribution in [0.3, 0.4) is 0 Å². The van der Waals surface area contributed by atoms with E-state index in [0.717, 1.165) is 50.8 Å². The Kier molecular flexibility index (Phi) is 7.64. The number of nitrogens with one attached hydrogen (secondary N) is 2. The summed E-state index contributed by atoms with van der Waals surface area (Å²) in [5, 5.41) is 16.7. The second-order valence-electron chi connectivity index (χ2n) is 10.4. The normalized spacial score (nSPS) is 16.5. The minimum Gasteiger partial charge on any atom is -0.478 e. The minimum atomic E-state index is -0.963. The highest BCUT2D eigenvalue weighted by molar-refractivity contribution is 7.80. The molecule has 0 unspecified atom stereocenters. The molecule has 41 heavy (non-hydrogen) atoms. The fourth-order valence-electron chi connectivity index (χ4n) is 5.57. The van der Waals surface area contributed by atoms with Gasteiger partial charge in [0.2, 0.25) is 5.91 Å². The van der Waals surface area contributed by atoms with E-state index in [1.54, 1.807) is 18.3 Å². The second kappa shape index (κ2) is 11.2. The van der Waals surface area contributed by atoms with E-state index in [4.69, 9.17) is 12.2 Å². The SMILES string of the molecule is CCC(=O)Nc1ccc(N2C(=S)N[C@@H](c3ccccn3)[C@H]2c2cc(C)n(-c3cc(C(=O)O)ccc3C)c2C)cc1C. The molecule has 3 N–H and O–H groups in total. The highest BCUT2D eigenvalue weighted by atomic mass is 32.1. The number of thiocarbonyl (C=S) groups is 1. The van der Waals surface area contributed by atoms with E-state index in [-0.39, 0.29) is 23.6 Å². The smallest absolute Gasteiger partial charge is 0.335 e. The Morgan fingerprint density at radius 1 is 1.02 bits per heavy atom. The van der Waals surface area contributed by atoms with Crippen molar-refractivity contribution in [2.45, 2.75) is 53.1 Å². The number of aromatic nitrogens is 2. The van der Waals surface area contributed by atoms with Gasteiger partial charge in [0, 0.05) is 41.1 Å². The molecule has 9 heteroatoms. The Bertz CT molecular complexity index is 1660. The number of nitrogens with zero attached hydrogens (tertiary/aromatic N) is 3. The van der Waals surface area contributed by atoms with Crippen LogP contribution in [-0.2, 0) is 4.79 Å². The summed E-state index contributed by atoms with van der Waals surface area (Å²) in [4.78, 5) is 30.6. The van der Waals surface area contributed by atoms with Crippen LogP contribution in [-0.4, -0.2) is 31.6 Å². The average Bonchev–Trinajstić information content (AvgIpc) is 3.45. The molecule has 2 atom stereocenters. The molecule has 0 spiro atoms. The molecule has 0 saturated carbocycles. The van der Waals surface area contributed by atoms with E-state index >= 15 is 0 Å². The zero-order chi connectivity index (χ0) is 29.4. The first-order valence-electron chi connectivity index (χ1n) is 13.5. The molecular weight excluding hydrogens is 534 g/mol. The van der Waals surface area contributed by atoms with Crippen molar-refractivity contribution in [1.82, 2.24) is 14.9 Å². The maximum Gasteiger partial charge on any atom is 0.335 e. The van der Waals surface area contributed by atoms with Crippen molar-refractivity contribution in [3.8, 4) is 5.69 Å². The average molecular weight is 568 g/mol. The highest BCUT2D eigenvalue weighted by Crippen LogP contribution is 2.44. The molecule has 1 fully saturated rings. The van der Waals surface area contributed by atoms with Gasteiger partial charge < -0.3 is 25.2 Å². The van der Waals surface area contributed by atoms with Crippen molar-refractivity contribution in [2.75, 3.05) is 10.2 Å². The fourth-order valence-corrected chi connectivity index (χ4v) is 5.91. The van der Waals surface area contributed by atoms with Gasteiger partial charge in [-0.3, -0.25) is 9.78 Å². The quantitative estimate of drug-likeness (QED) is 0.225. The Labute approximate surface area is 245 Å². The first-order valence-corrected chi connectivity index (χ1v) is 14.0. The Balaban J connectivity index is 1.66. The number of amides is 1. The van der Waals surface area contributed by atoms with Crippen molar-refractivity contribution >= 4 is 40.6 Å². The number of hydrogen-bond acceptors (Lipinski definition) is 4. The maximum absolute atomic E-state index is 12.0. The molecule has 3 heterocycles. The lowest BCUT2D eigenvalue weighted by Crippen LogP contribution is -2.29. The van der Waals surface area contributed by atoms with Crippen molar-refractivity contribution in [3.63, 3.8) is 0 Å². The van der Waals surface area contributed by atoms with E-state index in [0.29, 0.717) is 11.5 Å². The van der Waals surface area contributed by atoms with Gasteiger partial charge in [0.25, 0.3) is 0 Å². The van der Waals surface area contributed by atoms with Gasteiger partial charge in [-0.25, -0.2) is 4.79 Å². The number of aromatic carboxylic acids is 1. The van der Waals surface area contributed by atoms with Crippen LogP contribution in [0.1, 0.15) is 69.6 Å². The topological polar surface area (TPSA) is 99.5 Å². The molecule has 210 valence electrons. The summed E-state index contributed by atoms with van der Waals surface area (Å²) < 4.78 is 2.11. The Morgan fingerprint density at radius 3 is 2.46 bits per heavy atom. The summed E-state index contributed by atoms with van der Waals surface area (Å²) in [7, 11) is 0. The van der Waals surface area contributed by atoms with Gasteiger partial charge in [0.15, 0.2) is 5.11 Å². The number of pyridine rings is 1.